The molecule has 0 radical (unpaired) electrons. The Morgan fingerprint density at radius 3 is 2.67 bits per heavy atom. The number of fused-ring (bicyclic) bond motifs is 1. The summed E-state index contributed by atoms with van der Waals surface area (Å²) in [4.78, 5) is 27.9. The number of rotatable bonds is 6. The fraction of sp³-hybridized carbons (Fsp3) is 0.200. The van der Waals surface area contributed by atoms with Gasteiger partial charge in [-0.2, -0.15) is 5.10 Å². The quantitative estimate of drug-likeness (QED) is 0.414. The van der Waals surface area contributed by atoms with Crippen molar-refractivity contribution in [1.29, 1.82) is 0 Å². The number of amides is 1. The lowest BCUT2D eigenvalue weighted by atomic mass is 10.1. The maximum Gasteiger partial charge on any atom is 0.337 e. The Hall–Kier alpha value is -3.48. The van der Waals surface area contributed by atoms with Crippen LogP contribution >= 0.6 is 0 Å². The van der Waals surface area contributed by atoms with Gasteiger partial charge in [-0.25, -0.2) is 15.2 Å². The minimum atomic E-state index is -0.394. The van der Waals surface area contributed by atoms with E-state index in [4.69, 9.17) is 0 Å². The van der Waals surface area contributed by atoms with Crippen molar-refractivity contribution in [2.45, 2.75) is 19.9 Å². The summed E-state index contributed by atoms with van der Waals surface area (Å²) in [7, 11) is 1.33. The molecule has 0 aliphatic rings. The topological polar surface area (TPSA) is 85.6 Å². The average molecular weight is 364 g/mol. The van der Waals surface area contributed by atoms with Gasteiger partial charge in [-0.3, -0.25) is 4.79 Å². The van der Waals surface area contributed by atoms with Crippen LogP contribution in [-0.2, 0) is 16.1 Å². The maximum atomic E-state index is 12.0. The van der Waals surface area contributed by atoms with Gasteiger partial charge in [-0.05, 0) is 36.8 Å². The van der Waals surface area contributed by atoms with E-state index in [9.17, 15) is 9.59 Å². The van der Waals surface area contributed by atoms with Crippen molar-refractivity contribution >= 4 is 29.1 Å². The number of imidazole rings is 1. The largest absolute Gasteiger partial charge is 0.465 e. The van der Waals surface area contributed by atoms with E-state index in [0.29, 0.717) is 18.5 Å². The van der Waals surface area contributed by atoms with Crippen molar-refractivity contribution in [3.63, 3.8) is 0 Å². The molecule has 2 aromatic carbocycles. The smallest absolute Gasteiger partial charge is 0.337 e. The van der Waals surface area contributed by atoms with E-state index in [1.54, 1.807) is 24.3 Å². The van der Waals surface area contributed by atoms with Crippen LogP contribution < -0.4 is 5.43 Å². The van der Waals surface area contributed by atoms with Gasteiger partial charge in [0.15, 0.2) is 0 Å². The zero-order chi connectivity index (χ0) is 19.2. The van der Waals surface area contributed by atoms with Crippen LogP contribution in [0.2, 0.25) is 0 Å². The van der Waals surface area contributed by atoms with Gasteiger partial charge in [0, 0.05) is 13.0 Å². The Labute approximate surface area is 156 Å². The van der Waals surface area contributed by atoms with Gasteiger partial charge >= 0.3 is 5.97 Å². The van der Waals surface area contributed by atoms with Gasteiger partial charge in [0.05, 0.1) is 29.9 Å². The standard InChI is InChI=1S/C20H20N4O3/c1-14-22-17-5-3-4-6-18(17)24(14)12-11-19(25)23-21-13-15-7-9-16(10-8-15)20(26)27-2/h3-10,13H,11-12H2,1-2H3,(H,23,25)/b21-13+. The molecule has 0 bridgehead atoms. The van der Waals surface area contributed by atoms with E-state index in [2.05, 4.69) is 20.2 Å². The molecule has 1 N–H and O–H groups in total. The molecule has 0 fully saturated rings. The number of aromatic nitrogens is 2. The van der Waals surface area contributed by atoms with Crippen molar-refractivity contribution in [1.82, 2.24) is 15.0 Å². The number of nitrogens with one attached hydrogen (secondary N) is 1. The van der Waals surface area contributed by atoms with E-state index < -0.39 is 5.97 Å². The molecule has 0 atom stereocenters. The van der Waals surface area contributed by atoms with E-state index in [1.807, 2.05) is 35.8 Å². The van der Waals surface area contributed by atoms with Crippen LogP contribution in [0.5, 0.6) is 0 Å². The first-order chi connectivity index (χ1) is 13.1. The summed E-state index contributed by atoms with van der Waals surface area (Å²) in [6.45, 7) is 2.45. The molecular weight excluding hydrogens is 344 g/mol. The van der Waals surface area contributed by atoms with Gasteiger partial charge in [0.1, 0.15) is 5.82 Å². The first kappa shape index (κ1) is 18.3. The van der Waals surface area contributed by atoms with Gasteiger partial charge in [-0.15, -0.1) is 0 Å². The van der Waals surface area contributed by atoms with Crippen LogP contribution in [0, 0.1) is 6.92 Å². The Balaban J connectivity index is 1.54. The molecule has 0 aliphatic carbocycles. The summed E-state index contributed by atoms with van der Waals surface area (Å²) >= 11 is 0. The van der Waals surface area contributed by atoms with Crippen molar-refractivity contribution in [3.8, 4) is 0 Å². The zero-order valence-corrected chi connectivity index (χ0v) is 15.2. The second-order valence-electron chi connectivity index (χ2n) is 5.96. The molecule has 0 unspecified atom stereocenters. The predicted molar refractivity (Wildman–Crippen MR) is 103 cm³/mol. The fourth-order valence-corrected chi connectivity index (χ4v) is 2.75. The highest BCUT2D eigenvalue weighted by atomic mass is 16.5. The fourth-order valence-electron chi connectivity index (χ4n) is 2.75. The van der Waals surface area contributed by atoms with Crippen LogP contribution in [0.4, 0.5) is 0 Å². The highest BCUT2D eigenvalue weighted by Crippen LogP contribution is 2.15. The number of carbonyl (C=O) groups is 2. The third-order valence-electron chi connectivity index (χ3n) is 4.14. The van der Waals surface area contributed by atoms with Crippen LogP contribution in [-0.4, -0.2) is 34.8 Å². The molecule has 0 spiro atoms. The van der Waals surface area contributed by atoms with E-state index in [1.165, 1.54) is 13.3 Å². The molecule has 7 heteroatoms. The van der Waals surface area contributed by atoms with Crippen molar-refractivity contribution < 1.29 is 14.3 Å². The predicted octanol–water partition coefficient (Wildman–Crippen LogP) is 2.67. The second-order valence-corrected chi connectivity index (χ2v) is 5.96. The lowest BCUT2D eigenvalue weighted by molar-refractivity contribution is -0.121. The molecule has 7 nitrogen and oxygen atoms in total. The third kappa shape index (κ3) is 4.38. The summed E-state index contributed by atoms with van der Waals surface area (Å²) in [5.41, 5.74) is 5.67. The molecule has 1 aromatic heterocycles. The molecule has 3 aromatic rings. The lowest BCUT2D eigenvalue weighted by Crippen LogP contribution is -2.19. The summed E-state index contributed by atoms with van der Waals surface area (Å²) < 4.78 is 6.66. The Morgan fingerprint density at radius 2 is 1.93 bits per heavy atom. The summed E-state index contributed by atoms with van der Waals surface area (Å²) in [6.07, 6.45) is 1.82. The number of esters is 1. The SMILES string of the molecule is COC(=O)c1ccc(/C=N/NC(=O)CCn2c(C)nc3ccccc32)cc1. The number of nitrogens with zero attached hydrogens (tertiary/aromatic N) is 3. The number of hydrogen-bond acceptors (Lipinski definition) is 5. The molecule has 0 saturated heterocycles. The van der Waals surface area contributed by atoms with E-state index in [0.717, 1.165) is 22.4 Å². The summed E-state index contributed by atoms with van der Waals surface area (Å²) in [6, 6.07) is 14.6. The molecular formula is C20H20N4O3. The Morgan fingerprint density at radius 1 is 1.19 bits per heavy atom. The van der Waals surface area contributed by atoms with Crippen molar-refractivity contribution in [2.24, 2.45) is 5.10 Å². The number of carbonyl (C=O) groups excluding carboxylic acids is 2. The molecule has 138 valence electrons. The maximum absolute atomic E-state index is 12.0. The Kier molecular flexibility index (Phi) is 5.61. The number of para-hydroxylation sites is 2. The van der Waals surface area contributed by atoms with Gasteiger partial charge in [0.25, 0.3) is 0 Å². The first-order valence-corrected chi connectivity index (χ1v) is 8.50. The second kappa shape index (κ2) is 8.27. The van der Waals surface area contributed by atoms with E-state index >= 15 is 0 Å². The third-order valence-corrected chi connectivity index (χ3v) is 4.14. The van der Waals surface area contributed by atoms with Gasteiger partial charge < -0.3 is 9.30 Å². The molecule has 0 saturated carbocycles. The monoisotopic (exact) mass is 364 g/mol. The number of aryl methyl sites for hydroxylation is 2. The van der Waals surface area contributed by atoms with Crippen LogP contribution in [0.3, 0.4) is 0 Å². The number of hydrogen-bond donors (Lipinski definition) is 1. The molecule has 27 heavy (non-hydrogen) atoms. The van der Waals surface area contributed by atoms with Crippen molar-refractivity contribution in [2.75, 3.05) is 7.11 Å². The number of benzene rings is 2. The lowest BCUT2D eigenvalue weighted by Gasteiger charge is -2.06. The average Bonchev–Trinajstić information content (AvgIpc) is 3.01. The number of hydrazone groups is 1. The zero-order valence-electron chi connectivity index (χ0n) is 15.2. The van der Waals surface area contributed by atoms with Crippen LogP contribution in [0.25, 0.3) is 11.0 Å². The number of methoxy groups -OCH3 is 1. The first-order valence-electron chi connectivity index (χ1n) is 8.50. The van der Waals surface area contributed by atoms with Crippen LogP contribution in [0.15, 0.2) is 53.6 Å². The highest BCUT2D eigenvalue weighted by molar-refractivity contribution is 5.90. The normalized spacial score (nSPS) is 11.0. The Bertz CT molecular complexity index is 990. The molecule has 1 amide bonds. The molecule has 3 rings (SSSR count). The minimum absolute atomic E-state index is 0.186. The van der Waals surface area contributed by atoms with Gasteiger partial charge in [0.2, 0.25) is 5.91 Å². The highest BCUT2D eigenvalue weighted by Gasteiger charge is 2.08. The van der Waals surface area contributed by atoms with E-state index in [-0.39, 0.29) is 5.91 Å². The number of ether oxygens (including phenoxy) is 1. The summed E-state index contributed by atoms with van der Waals surface area (Å²) in [5, 5.41) is 3.96. The minimum Gasteiger partial charge on any atom is -0.465 e. The summed E-state index contributed by atoms with van der Waals surface area (Å²) in [5.74, 6) is 0.293. The van der Waals surface area contributed by atoms with Crippen molar-refractivity contribution in [3.05, 3.63) is 65.5 Å². The van der Waals surface area contributed by atoms with Gasteiger partial charge in [-0.1, -0.05) is 24.3 Å². The molecule has 0 aliphatic heterocycles. The molecule has 1 heterocycles. The van der Waals surface area contributed by atoms with Crippen LogP contribution in [0.1, 0.15) is 28.2 Å².